The lowest BCUT2D eigenvalue weighted by Gasteiger charge is -2.13. The van der Waals surface area contributed by atoms with Crippen molar-refractivity contribution < 1.29 is 9.47 Å². The van der Waals surface area contributed by atoms with E-state index in [0.29, 0.717) is 13.2 Å². The molecule has 0 saturated carbocycles. The molecule has 0 aliphatic carbocycles. The van der Waals surface area contributed by atoms with Crippen molar-refractivity contribution in [2.75, 3.05) is 6.61 Å². The first-order valence-electron chi connectivity index (χ1n) is 11.9. The summed E-state index contributed by atoms with van der Waals surface area (Å²) in [5.41, 5.74) is 4.53. The molecule has 1 aromatic heterocycles. The molecule has 0 amide bonds. The minimum absolute atomic E-state index is 0.432. The van der Waals surface area contributed by atoms with Gasteiger partial charge in [-0.25, -0.2) is 4.98 Å². The van der Waals surface area contributed by atoms with E-state index < -0.39 is 0 Å². The summed E-state index contributed by atoms with van der Waals surface area (Å²) in [5, 5.41) is 2.30. The number of aromatic nitrogens is 2. The van der Waals surface area contributed by atoms with E-state index in [1.54, 1.807) is 0 Å². The van der Waals surface area contributed by atoms with Gasteiger partial charge in [0.25, 0.3) is 0 Å². The van der Waals surface area contributed by atoms with Gasteiger partial charge in [-0.2, -0.15) is 0 Å². The van der Waals surface area contributed by atoms with Crippen LogP contribution in [-0.2, 0) is 13.2 Å². The first-order chi connectivity index (χ1) is 16.7. The molecular weight excluding hydrogens is 420 g/mol. The van der Waals surface area contributed by atoms with Gasteiger partial charge in [-0.3, -0.25) is 0 Å². The Hall–Kier alpha value is -3.79. The fourth-order valence-corrected chi connectivity index (χ4v) is 4.52. The van der Waals surface area contributed by atoms with Gasteiger partial charge in [0.05, 0.1) is 17.6 Å². The average molecular weight is 451 g/mol. The van der Waals surface area contributed by atoms with Crippen molar-refractivity contribution in [2.24, 2.45) is 0 Å². The molecule has 0 N–H and O–H groups in total. The van der Waals surface area contributed by atoms with Crippen LogP contribution >= 0.6 is 0 Å². The van der Waals surface area contributed by atoms with E-state index in [1.807, 2.05) is 24.3 Å². The van der Waals surface area contributed by atoms with Crippen molar-refractivity contribution in [2.45, 2.75) is 39.8 Å². The molecule has 0 atom stereocenters. The molecule has 4 nitrogen and oxygen atoms in total. The number of benzene rings is 4. The molecule has 5 rings (SSSR count). The number of unbranched alkanes of at least 4 members (excludes halogenated alkanes) is 1. The Morgan fingerprint density at radius 3 is 2.35 bits per heavy atom. The van der Waals surface area contributed by atoms with E-state index in [-0.39, 0.29) is 0 Å². The highest BCUT2D eigenvalue weighted by Gasteiger charge is 2.12. The summed E-state index contributed by atoms with van der Waals surface area (Å²) < 4.78 is 14.7. The predicted molar refractivity (Wildman–Crippen MR) is 139 cm³/mol. The molecule has 4 aromatic carbocycles. The number of nitrogens with zero attached hydrogens (tertiary/aromatic N) is 2. The van der Waals surface area contributed by atoms with Crippen LogP contribution in [0.3, 0.4) is 0 Å². The zero-order chi connectivity index (χ0) is 23.3. The molecule has 5 aromatic rings. The van der Waals surface area contributed by atoms with Gasteiger partial charge in [-0.05, 0) is 61.4 Å². The number of para-hydroxylation sites is 3. The van der Waals surface area contributed by atoms with Crippen LogP contribution in [0.2, 0.25) is 0 Å². The maximum absolute atomic E-state index is 6.28. The fraction of sp³-hybridized carbons (Fsp3) is 0.233. The van der Waals surface area contributed by atoms with Crippen LogP contribution in [0.15, 0.2) is 84.9 Å². The fourth-order valence-electron chi connectivity index (χ4n) is 4.52. The number of imidazole rings is 1. The lowest BCUT2D eigenvalue weighted by molar-refractivity contribution is 0.286. The van der Waals surface area contributed by atoms with Crippen LogP contribution in [0, 0.1) is 13.8 Å². The van der Waals surface area contributed by atoms with Crippen LogP contribution in [0.5, 0.6) is 11.5 Å². The van der Waals surface area contributed by atoms with Gasteiger partial charge in [0.2, 0.25) is 0 Å². The first kappa shape index (κ1) is 22.0. The van der Waals surface area contributed by atoms with E-state index in [2.05, 4.69) is 79.1 Å². The average Bonchev–Trinajstić information content (AvgIpc) is 3.21. The van der Waals surface area contributed by atoms with Crippen molar-refractivity contribution in [1.82, 2.24) is 9.55 Å². The quantitative estimate of drug-likeness (QED) is 0.222. The second kappa shape index (κ2) is 10.0. The highest BCUT2D eigenvalue weighted by molar-refractivity contribution is 5.88. The molecular formula is C30H30N2O2. The molecule has 0 unspecified atom stereocenters. The number of rotatable bonds is 9. The maximum Gasteiger partial charge on any atom is 0.147 e. The smallest absolute Gasteiger partial charge is 0.147 e. The Morgan fingerprint density at radius 2 is 1.47 bits per heavy atom. The monoisotopic (exact) mass is 450 g/mol. The van der Waals surface area contributed by atoms with Crippen LogP contribution in [0.25, 0.3) is 21.8 Å². The molecule has 0 spiro atoms. The molecule has 172 valence electrons. The van der Waals surface area contributed by atoms with Crippen LogP contribution in [0.1, 0.15) is 29.8 Å². The van der Waals surface area contributed by atoms with Crippen molar-refractivity contribution in [3.05, 3.63) is 102 Å². The number of aryl methyl sites for hydroxylation is 3. The Kier molecular flexibility index (Phi) is 6.48. The van der Waals surface area contributed by atoms with E-state index in [9.17, 15) is 0 Å². The molecule has 34 heavy (non-hydrogen) atoms. The number of hydrogen-bond donors (Lipinski definition) is 0. The third-order valence-electron chi connectivity index (χ3n) is 6.27. The normalized spacial score (nSPS) is 11.2. The van der Waals surface area contributed by atoms with Gasteiger partial charge in [0.15, 0.2) is 0 Å². The van der Waals surface area contributed by atoms with Crippen LogP contribution in [-0.4, -0.2) is 16.2 Å². The van der Waals surface area contributed by atoms with Crippen molar-refractivity contribution in [1.29, 1.82) is 0 Å². The molecule has 0 aliphatic rings. The predicted octanol–water partition coefficient (Wildman–Crippen LogP) is 7.24. The molecule has 0 radical (unpaired) electrons. The number of hydrogen-bond acceptors (Lipinski definition) is 3. The van der Waals surface area contributed by atoms with E-state index in [0.717, 1.165) is 53.1 Å². The number of ether oxygens (including phenoxy) is 2. The molecule has 0 bridgehead atoms. The summed E-state index contributed by atoms with van der Waals surface area (Å²) in [4.78, 5) is 4.88. The molecule has 0 aliphatic heterocycles. The van der Waals surface area contributed by atoms with Gasteiger partial charge in [-0.1, -0.05) is 66.7 Å². The zero-order valence-electron chi connectivity index (χ0n) is 19.8. The topological polar surface area (TPSA) is 36.3 Å². The summed E-state index contributed by atoms with van der Waals surface area (Å²) in [6, 6.07) is 29.1. The minimum atomic E-state index is 0.432. The molecule has 0 fully saturated rings. The van der Waals surface area contributed by atoms with E-state index >= 15 is 0 Å². The Labute approximate surface area is 200 Å². The summed E-state index contributed by atoms with van der Waals surface area (Å²) in [7, 11) is 0. The van der Waals surface area contributed by atoms with Crippen LogP contribution in [0.4, 0.5) is 0 Å². The van der Waals surface area contributed by atoms with Gasteiger partial charge < -0.3 is 14.0 Å². The minimum Gasteiger partial charge on any atom is -0.493 e. The SMILES string of the molecule is Cc1cccc(C)c1OCCCCn1c(COc2cccc3ccccc23)nc2ccccc21. The maximum atomic E-state index is 6.28. The third kappa shape index (κ3) is 4.62. The molecule has 0 saturated heterocycles. The lowest BCUT2D eigenvalue weighted by Crippen LogP contribution is -2.09. The highest BCUT2D eigenvalue weighted by atomic mass is 16.5. The summed E-state index contributed by atoms with van der Waals surface area (Å²) in [5.74, 6) is 2.85. The van der Waals surface area contributed by atoms with Crippen LogP contribution < -0.4 is 9.47 Å². The summed E-state index contributed by atoms with van der Waals surface area (Å²) >= 11 is 0. The zero-order valence-corrected chi connectivity index (χ0v) is 19.8. The highest BCUT2D eigenvalue weighted by Crippen LogP contribution is 2.27. The Bertz CT molecular complexity index is 1390. The standard InChI is InChI=1S/C30H30N2O2/c1-22-11-9-12-23(2)30(22)33-20-8-7-19-32-27-17-6-5-16-26(27)31-29(32)21-34-28-18-10-14-24-13-3-4-15-25(24)28/h3-6,9-18H,7-8,19-21H2,1-2H3. The van der Waals surface area contributed by atoms with Gasteiger partial charge in [0.1, 0.15) is 23.9 Å². The van der Waals surface area contributed by atoms with E-state index in [4.69, 9.17) is 14.5 Å². The first-order valence-corrected chi connectivity index (χ1v) is 11.9. The van der Waals surface area contributed by atoms with Gasteiger partial charge in [0, 0.05) is 11.9 Å². The Morgan fingerprint density at radius 1 is 0.735 bits per heavy atom. The second-order valence-corrected chi connectivity index (χ2v) is 8.71. The summed E-state index contributed by atoms with van der Waals surface area (Å²) in [6.45, 7) is 6.22. The Balaban J connectivity index is 1.27. The van der Waals surface area contributed by atoms with Gasteiger partial charge in [-0.15, -0.1) is 0 Å². The number of fused-ring (bicyclic) bond motifs is 2. The third-order valence-corrected chi connectivity index (χ3v) is 6.27. The second-order valence-electron chi connectivity index (χ2n) is 8.71. The van der Waals surface area contributed by atoms with Crippen molar-refractivity contribution >= 4 is 21.8 Å². The lowest BCUT2D eigenvalue weighted by atomic mass is 10.1. The van der Waals surface area contributed by atoms with Gasteiger partial charge >= 0.3 is 0 Å². The molecule has 4 heteroatoms. The molecule has 1 heterocycles. The van der Waals surface area contributed by atoms with Crippen molar-refractivity contribution in [3.8, 4) is 11.5 Å². The largest absolute Gasteiger partial charge is 0.493 e. The van der Waals surface area contributed by atoms with Crippen molar-refractivity contribution in [3.63, 3.8) is 0 Å². The summed E-state index contributed by atoms with van der Waals surface area (Å²) in [6.07, 6.45) is 1.98. The van der Waals surface area contributed by atoms with E-state index in [1.165, 1.54) is 16.5 Å².